The second-order valence-corrected chi connectivity index (χ2v) is 3.87. The minimum absolute atomic E-state index is 0.0641. The van der Waals surface area contributed by atoms with Gasteiger partial charge < -0.3 is 15.2 Å². The first-order chi connectivity index (χ1) is 8.51. The van der Waals surface area contributed by atoms with Crippen molar-refractivity contribution in [3.63, 3.8) is 0 Å². The van der Waals surface area contributed by atoms with Crippen molar-refractivity contribution in [3.05, 3.63) is 23.8 Å². The van der Waals surface area contributed by atoms with Crippen LogP contribution in [0.4, 0.5) is 0 Å². The van der Waals surface area contributed by atoms with Gasteiger partial charge >= 0.3 is 0 Å². The maximum Gasteiger partial charge on any atom is 0.255 e. The number of benzene rings is 1. The van der Waals surface area contributed by atoms with Gasteiger partial charge in [0, 0.05) is 6.42 Å². The summed E-state index contributed by atoms with van der Waals surface area (Å²) >= 11 is 0. The molecule has 1 amide bonds. The first-order valence-corrected chi connectivity index (χ1v) is 5.70. The standard InChI is InChI=1S/C13H17NO4/c1-4-10(15)8(2)14-13(17)9-6-5-7-11(18-3)12(9)16/h5-8,16H,4H2,1-3H3,(H,14,17). The molecular formula is C13H17NO4. The minimum Gasteiger partial charge on any atom is -0.504 e. The molecule has 0 bridgehead atoms. The fraction of sp³-hybridized carbons (Fsp3) is 0.385. The van der Waals surface area contributed by atoms with E-state index in [1.54, 1.807) is 26.0 Å². The molecule has 0 heterocycles. The summed E-state index contributed by atoms with van der Waals surface area (Å²) in [5.74, 6) is -0.572. The van der Waals surface area contributed by atoms with Gasteiger partial charge in [-0.25, -0.2) is 0 Å². The van der Waals surface area contributed by atoms with Crippen LogP contribution >= 0.6 is 0 Å². The number of ketones is 1. The molecule has 1 atom stereocenters. The maximum absolute atomic E-state index is 11.9. The van der Waals surface area contributed by atoms with Crippen LogP contribution in [0.1, 0.15) is 30.6 Å². The molecule has 18 heavy (non-hydrogen) atoms. The van der Waals surface area contributed by atoms with Crippen LogP contribution in [-0.2, 0) is 4.79 Å². The van der Waals surface area contributed by atoms with Gasteiger partial charge in [-0.3, -0.25) is 9.59 Å². The number of Topliss-reactive ketones (excluding diaryl/α,β-unsaturated/α-hetero) is 1. The summed E-state index contributed by atoms with van der Waals surface area (Å²) in [4.78, 5) is 23.3. The van der Waals surface area contributed by atoms with E-state index in [1.807, 2.05) is 0 Å². The topological polar surface area (TPSA) is 75.6 Å². The van der Waals surface area contributed by atoms with Gasteiger partial charge in [-0.05, 0) is 19.1 Å². The molecule has 0 saturated heterocycles. The third kappa shape index (κ3) is 3.00. The number of aromatic hydroxyl groups is 1. The Hall–Kier alpha value is -2.04. The quantitative estimate of drug-likeness (QED) is 0.831. The molecule has 0 aliphatic rings. The number of hydrogen-bond donors (Lipinski definition) is 2. The van der Waals surface area contributed by atoms with Gasteiger partial charge in [0.15, 0.2) is 17.3 Å². The number of ether oxygens (including phenoxy) is 1. The van der Waals surface area contributed by atoms with E-state index in [1.165, 1.54) is 13.2 Å². The lowest BCUT2D eigenvalue weighted by Crippen LogP contribution is -2.38. The van der Waals surface area contributed by atoms with E-state index in [0.717, 1.165) is 0 Å². The Morgan fingerprint density at radius 2 is 2.11 bits per heavy atom. The van der Waals surface area contributed by atoms with E-state index in [4.69, 9.17) is 4.74 Å². The molecule has 1 aromatic rings. The Labute approximate surface area is 106 Å². The predicted molar refractivity (Wildman–Crippen MR) is 66.9 cm³/mol. The first kappa shape index (κ1) is 14.0. The molecule has 0 aliphatic heterocycles. The summed E-state index contributed by atoms with van der Waals surface area (Å²) in [5, 5.41) is 12.3. The number of phenols is 1. The van der Waals surface area contributed by atoms with Crippen molar-refractivity contribution in [2.75, 3.05) is 7.11 Å². The number of phenolic OH excluding ortho intramolecular Hbond substituents is 1. The molecule has 1 unspecified atom stereocenters. The largest absolute Gasteiger partial charge is 0.504 e. The van der Waals surface area contributed by atoms with Crippen LogP contribution < -0.4 is 10.1 Å². The monoisotopic (exact) mass is 251 g/mol. The van der Waals surface area contributed by atoms with Gasteiger partial charge in [-0.1, -0.05) is 13.0 Å². The number of carbonyl (C=O) groups excluding carboxylic acids is 2. The van der Waals surface area contributed by atoms with E-state index in [0.29, 0.717) is 6.42 Å². The molecule has 1 aromatic carbocycles. The van der Waals surface area contributed by atoms with Gasteiger partial charge in [0.2, 0.25) is 0 Å². The van der Waals surface area contributed by atoms with Crippen LogP contribution in [0.5, 0.6) is 11.5 Å². The Bertz CT molecular complexity index is 456. The zero-order chi connectivity index (χ0) is 13.7. The third-order valence-electron chi connectivity index (χ3n) is 2.64. The van der Waals surface area contributed by atoms with Crippen LogP contribution in [0.2, 0.25) is 0 Å². The molecule has 1 rings (SSSR count). The molecule has 0 fully saturated rings. The molecule has 0 aromatic heterocycles. The number of rotatable bonds is 5. The highest BCUT2D eigenvalue weighted by molar-refractivity contribution is 6.00. The van der Waals surface area contributed by atoms with Gasteiger partial charge in [0.25, 0.3) is 5.91 Å². The Balaban J connectivity index is 2.88. The number of amides is 1. The maximum atomic E-state index is 11.9. The Morgan fingerprint density at radius 3 is 2.67 bits per heavy atom. The van der Waals surface area contributed by atoms with Crippen LogP contribution in [0.25, 0.3) is 0 Å². The molecule has 0 spiro atoms. The summed E-state index contributed by atoms with van der Waals surface area (Å²) in [6, 6.07) is 4.04. The Morgan fingerprint density at radius 1 is 1.44 bits per heavy atom. The molecule has 2 N–H and O–H groups in total. The molecule has 5 heteroatoms. The highest BCUT2D eigenvalue weighted by Gasteiger charge is 2.19. The predicted octanol–water partition coefficient (Wildman–Crippen LogP) is 1.50. The average Bonchev–Trinajstić information content (AvgIpc) is 2.37. The van der Waals surface area contributed by atoms with Crippen molar-refractivity contribution in [1.29, 1.82) is 0 Å². The third-order valence-corrected chi connectivity index (χ3v) is 2.64. The van der Waals surface area contributed by atoms with Crippen LogP contribution in [-0.4, -0.2) is 29.9 Å². The zero-order valence-electron chi connectivity index (χ0n) is 10.7. The Kier molecular flexibility index (Phi) is 4.71. The van der Waals surface area contributed by atoms with E-state index in [-0.39, 0.29) is 22.8 Å². The number of hydrogen-bond acceptors (Lipinski definition) is 4. The van der Waals surface area contributed by atoms with Gasteiger partial charge in [-0.2, -0.15) is 0 Å². The summed E-state index contributed by atoms with van der Waals surface area (Å²) in [6.07, 6.45) is 0.353. The van der Waals surface area contributed by atoms with Crippen molar-refractivity contribution in [2.24, 2.45) is 0 Å². The lowest BCUT2D eigenvalue weighted by atomic mass is 10.1. The minimum atomic E-state index is -0.576. The molecule has 0 radical (unpaired) electrons. The first-order valence-electron chi connectivity index (χ1n) is 5.70. The number of carbonyl (C=O) groups is 2. The molecule has 0 aliphatic carbocycles. The smallest absolute Gasteiger partial charge is 0.255 e. The van der Waals surface area contributed by atoms with Crippen LogP contribution in [0, 0.1) is 0 Å². The lowest BCUT2D eigenvalue weighted by Gasteiger charge is -2.13. The SMILES string of the molecule is CCC(=O)C(C)NC(=O)c1cccc(OC)c1O. The van der Waals surface area contributed by atoms with Gasteiger partial charge in [0.05, 0.1) is 18.7 Å². The van der Waals surface area contributed by atoms with E-state index < -0.39 is 11.9 Å². The second-order valence-electron chi connectivity index (χ2n) is 3.87. The van der Waals surface area contributed by atoms with Crippen molar-refractivity contribution >= 4 is 11.7 Å². The van der Waals surface area contributed by atoms with Gasteiger partial charge in [-0.15, -0.1) is 0 Å². The summed E-state index contributed by atoms with van der Waals surface area (Å²) in [6.45, 7) is 3.34. The van der Waals surface area contributed by atoms with Crippen molar-refractivity contribution in [1.82, 2.24) is 5.32 Å². The highest BCUT2D eigenvalue weighted by atomic mass is 16.5. The number of methoxy groups -OCH3 is 1. The lowest BCUT2D eigenvalue weighted by molar-refractivity contribution is -0.120. The summed E-state index contributed by atoms with van der Waals surface area (Å²) in [7, 11) is 1.40. The highest BCUT2D eigenvalue weighted by Crippen LogP contribution is 2.29. The van der Waals surface area contributed by atoms with Crippen LogP contribution in [0.15, 0.2) is 18.2 Å². The van der Waals surface area contributed by atoms with Crippen molar-refractivity contribution in [3.8, 4) is 11.5 Å². The average molecular weight is 251 g/mol. The molecule has 5 nitrogen and oxygen atoms in total. The van der Waals surface area contributed by atoms with E-state index >= 15 is 0 Å². The molecular weight excluding hydrogens is 234 g/mol. The van der Waals surface area contributed by atoms with Gasteiger partial charge in [0.1, 0.15) is 0 Å². The molecule has 98 valence electrons. The fourth-order valence-electron chi connectivity index (χ4n) is 1.53. The summed E-state index contributed by atoms with van der Waals surface area (Å²) in [5.41, 5.74) is 0.0881. The number of nitrogens with one attached hydrogen (secondary N) is 1. The fourth-order valence-corrected chi connectivity index (χ4v) is 1.53. The van der Waals surface area contributed by atoms with Crippen molar-refractivity contribution in [2.45, 2.75) is 26.3 Å². The van der Waals surface area contributed by atoms with E-state index in [9.17, 15) is 14.7 Å². The normalized spacial score (nSPS) is 11.7. The molecule has 0 saturated carbocycles. The zero-order valence-corrected chi connectivity index (χ0v) is 10.7. The number of para-hydroxylation sites is 1. The van der Waals surface area contributed by atoms with E-state index in [2.05, 4.69) is 5.32 Å². The second kappa shape index (κ2) is 6.05. The summed E-state index contributed by atoms with van der Waals surface area (Å²) < 4.78 is 4.91. The van der Waals surface area contributed by atoms with Crippen molar-refractivity contribution < 1.29 is 19.4 Å². The van der Waals surface area contributed by atoms with Crippen LogP contribution in [0.3, 0.4) is 0 Å².